The number of nitrogens with zero attached hydrogens (tertiary/aromatic N) is 6. The maximum Gasteiger partial charge on any atom is 0.287 e. The lowest BCUT2D eigenvalue weighted by Crippen LogP contribution is -2.49. The van der Waals surface area contributed by atoms with Crippen LogP contribution in [-0.2, 0) is 18.3 Å². The summed E-state index contributed by atoms with van der Waals surface area (Å²) in [7, 11) is 1.92. The summed E-state index contributed by atoms with van der Waals surface area (Å²) in [5.41, 5.74) is 3.22. The van der Waals surface area contributed by atoms with Gasteiger partial charge in [-0.2, -0.15) is 5.10 Å². The first-order valence-corrected chi connectivity index (χ1v) is 8.99. The highest BCUT2D eigenvalue weighted by Crippen LogP contribution is 2.19. The van der Waals surface area contributed by atoms with Gasteiger partial charge in [-0.1, -0.05) is 0 Å². The summed E-state index contributed by atoms with van der Waals surface area (Å²) < 4.78 is 1.85. The lowest BCUT2D eigenvalue weighted by atomic mass is 10.1. The molecule has 0 atom stereocenters. The second-order valence-corrected chi connectivity index (χ2v) is 6.77. The van der Waals surface area contributed by atoms with Crippen molar-refractivity contribution >= 4 is 17.4 Å². The summed E-state index contributed by atoms with van der Waals surface area (Å²) >= 11 is 0. The highest BCUT2D eigenvalue weighted by atomic mass is 16.6. The van der Waals surface area contributed by atoms with E-state index in [0.29, 0.717) is 44.8 Å². The van der Waals surface area contributed by atoms with Gasteiger partial charge in [-0.3, -0.25) is 19.6 Å². The second-order valence-electron chi connectivity index (χ2n) is 6.77. The zero-order valence-electron chi connectivity index (χ0n) is 15.9. The molecule has 3 heterocycles. The van der Waals surface area contributed by atoms with Crippen LogP contribution < -0.4 is 4.90 Å². The Morgan fingerprint density at radius 2 is 1.93 bits per heavy atom. The number of hydrogen-bond acceptors (Lipinski definition) is 6. The van der Waals surface area contributed by atoms with Crippen LogP contribution in [0, 0.1) is 24.0 Å². The molecular weight excluding hydrogens is 348 g/mol. The normalized spacial score (nSPS) is 14.5. The van der Waals surface area contributed by atoms with Crippen molar-refractivity contribution in [3.63, 3.8) is 0 Å². The molecule has 9 heteroatoms. The number of anilines is 1. The van der Waals surface area contributed by atoms with Crippen LogP contribution in [0.25, 0.3) is 0 Å². The monoisotopic (exact) mass is 372 g/mol. The molecule has 27 heavy (non-hydrogen) atoms. The van der Waals surface area contributed by atoms with Crippen molar-refractivity contribution in [1.82, 2.24) is 19.7 Å². The lowest BCUT2D eigenvalue weighted by Gasteiger charge is -2.35. The van der Waals surface area contributed by atoms with Crippen LogP contribution in [-0.4, -0.2) is 56.7 Å². The number of rotatable bonds is 5. The van der Waals surface area contributed by atoms with Gasteiger partial charge < -0.3 is 9.80 Å². The van der Waals surface area contributed by atoms with E-state index in [1.165, 1.54) is 12.3 Å². The molecule has 9 nitrogen and oxygen atoms in total. The number of carbonyl (C=O) groups excluding carboxylic acids is 1. The quantitative estimate of drug-likeness (QED) is 0.584. The SMILES string of the molecule is Cc1nn(C)c(C)c1CCC(=O)N1CCN(c2ccc([N+](=O)[O-])cn2)CC1. The largest absolute Gasteiger partial charge is 0.353 e. The second kappa shape index (κ2) is 7.73. The van der Waals surface area contributed by atoms with Crippen LogP contribution in [0.1, 0.15) is 23.4 Å². The number of hydrogen-bond donors (Lipinski definition) is 0. The molecule has 1 aliphatic rings. The molecule has 1 fully saturated rings. The number of aromatic nitrogens is 3. The Hall–Kier alpha value is -2.97. The number of aryl methyl sites for hydroxylation is 2. The van der Waals surface area contributed by atoms with Crippen molar-refractivity contribution in [2.45, 2.75) is 26.7 Å². The Labute approximate surface area is 157 Å². The fourth-order valence-electron chi connectivity index (χ4n) is 3.43. The molecule has 2 aromatic heterocycles. The van der Waals surface area contributed by atoms with Crippen LogP contribution in [0.2, 0.25) is 0 Å². The molecule has 2 aromatic rings. The van der Waals surface area contributed by atoms with Gasteiger partial charge in [0.1, 0.15) is 12.0 Å². The maximum absolute atomic E-state index is 12.6. The lowest BCUT2D eigenvalue weighted by molar-refractivity contribution is -0.385. The van der Waals surface area contributed by atoms with Gasteiger partial charge in [0.2, 0.25) is 5.91 Å². The average Bonchev–Trinajstić information content (AvgIpc) is 2.91. The molecule has 0 aromatic carbocycles. The van der Waals surface area contributed by atoms with Crippen molar-refractivity contribution in [3.8, 4) is 0 Å². The van der Waals surface area contributed by atoms with Gasteiger partial charge in [-0.15, -0.1) is 0 Å². The first kappa shape index (κ1) is 18.8. The Kier molecular flexibility index (Phi) is 5.38. The molecule has 0 N–H and O–H groups in total. The minimum Gasteiger partial charge on any atom is -0.353 e. The molecule has 144 valence electrons. The summed E-state index contributed by atoms with van der Waals surface area (Å²) in [6.45, 7) is 6.59. The molecule has 0 saturated carbocycles. The minimum absolute atomic E-state index is 0.0199. The van der Waals surface area contributed by atoms with Crippen LogP contribution >= 0.6 is 0 Å². The molecule has 0 radical (unpaired) electrons. The summed E-state index contributed by atoms with van der Waals surface area (Å²) in [6.07, 6.45) is 2.45. The average molecular weight is 372 g/mol. The summed E-state index contributed by atoms with van der Waals surface area (Å²) in [6, 6.07) is 3.11. The topological polar surface area (TPSA) is 97.4 Å². The van der Waals surface area contributed by atoms with Gasteiger partial charge in [0, 0.05) is 51.4 Å². The third kappa shape index (κ3) is 4.07. The van der Waals surface area contributed by atoms with Crippen LogP contribution in [0.15, 0.2) is 18.3 Å². The Morgan fingerprint density at radius 1 is 1.22 bits per heavy atom. The van der Waals surface area contributed by atoms with Gasteiger partial charge in [0.25, 0.3) is 5.69 Å². The number of amides is 1. The van der Waals surface area contributed by atoms with Crippen LogP contribution in [0.3, 0.4) is 0 Å². The fraction of sp³-hybridized carbons (Fsp3) is 0.500. The fourth-order valence-corrected chi connectivity index (χ4v) is 3.43. The zero-order chi connectivity index (χ0) is 19.6. The van der Waals surface area contributed by atoms with E-state index in [9.17, 15) is 14.9 Å². The molecule has 0 spiro atoms. The molecule has 1 amide bonds. The van der Waals surface area contributed by atoms with Gasteiger partial charge in [-0.05, 0) is 31.9 Å². The van der Waals surface area contributed by atoms with Gasteiger partial charge in [0.05, 0.1) is 10.6 Å². The van der Waals surface area contributed by atoms with E-state index in [0.717, 1.165) is 17.0 Å². The Balaban J connectivity index is 1.52. The predicted molar refractivity (Wildman–Crippen MR) is 101 cm³/mol. The molecule has 1 saturated heterocycles. The molecule has 3 rings (SSSR count). The standard InChI is InChI=1S/C18H24N6O3/c1-13-16(14(2)21(3)20-13)5-7-18(25)23-10-8-22(9-11-23)17-6-4-15(12-19-17)24(26)27/h4,6,12H,5,7-11H2,1-3H3. The minimum atomic E-state index is -0.459. The number of carbonyl (C=O) groups is 1. The molecule has 1 aliphatic heterocycles. The first-order valence-electron chi connectivity index (χ1n) is 8.99. The van der Waals surface area contributed by atoms with Crippen molar-refractivity contribution in [3.05, 3.63) is 45.4 Å². The number of piperazine rings is 1. The zero-order valence-corrected chi connectivity index (χ0v) is 15.9. The van der Waals surface area contributed by atoms with E-state index in [4.69, 9.17) is 0 Å². The molecule has 0 aliphatic carbocycles. The number of nitro groups is 1. The van der Waals surface area contributed by atoms with Crippen LogP contribution in [0.4, 0.5) is 11.5 Å². The Morgan fingerprint density at radius 3 is 2.44 bits per heavy atom. The molecule has 0 bridgehead atoms. The van der Waals surface area contributed by atoms with Gasteiger partial charge >= 0.3 is 0 Å². The molecule has 0 unspecified atom stereocenters. The van der Waals surface area contributed by atoms with Crippen molar-refractivity contribution in [2.75, 3.05) is 31.1 Å². The van der Waals surface area contributed by atoms with Gasteiger partial charge in [-0.25, -0.2) is 4.98 Å². The van der Waals surface area contributed by atoms with Crippen molar-refractivity contribution in [2.24, 2.45) is 7.05 Å². The maximum atomic E-state index is 12.6. The predicted octanol–water partition coefficient (Wildman–Crippen LogP) is 1.62. The first-order chi connectivity index (χ1) is 12.9. The van der Waals surface area contributed by atoms with Crippen molar-refractivity contribution in [1.29, 1.82) is 0 Å². The van der Waals surface area contributed by atoms with E-state index in [1.807, 2.05) is 35.4 Å². The van der Waals surface area contributed by atoms with E-state index in [-0.39, 0.29) is 11.6 Å². The Bertz CT molecular complexity index is 838. The summed E-state index contributed by atoms with van der Waals surface area (Å²) in [5.74, 6) is 0.850. The highest BCUT2D eigenvalue weighted by molar-refractivity contribution is 5.76. The molecular formula is C18H24N6O3. The van der Waals surface area contributed by atoms with Gasteiger partial charge in [0.15, 0.2) is 0 Å². The third-order valence-corrected chi connectivity index (χ3v) is 5.15. The van der Waals surface area contributed by atoms with E-state index >= 15 is 0 Å². The number of pyridine rings is 1. The summed E-state index contributed by atoms with van der Waals surface area (Å²) in [4.78, 5) is 30.9. The smallest absolute Gasteiger partial charge is 0.287 e. The van der Waals surface area contributed by atoms with Crippen LogP contribution in [0.5, 0.6) is 0 Å². The highest BCUT2D eigenvalue weighted by Gasteiger charge is 2.23. The van der Waals surface area contributed by atoms with E-state index < -0.39 is 4.92 Å². The van der Waals surface area contributed by atoms with E-state index in [2.05, 4.69) is 10.1 Å². The third-order valence-electron chi connectivity index (χ3n) is 5.15. The summed E-state index contributed by atoms with van der Waals surface area (Å²) in [5, 5.41) is 15.1. The van der Waals surface area contributed by atoms with E-state index in [1.54, 1.807) is 6.07 Å². The van der Waals surface area contributed by atoms with Crippen molar-refractivity contribution < 1.29 is 9.72 Å².